The lowest BCUT2D eigenvalue weighted by atomic mass is 10.1. The summed E-state index contributed by atoms with van der Waals surface area (Å²) in [6.07, 6.45) is -1.42. The molecule has 0 radical (unpaired) electrons. The second kappa shape index (κ2) is 10.9. The highest BCUT2D eigenvalue weighted by molar-refractivity contribution is 7.81. The van der Waals surface area contributed by atoms with Crippen LogP contribution in [0.25, 0.3) is 0 Å². The molecule has 0 saturated carbocycles. The number of nitriles is 1. The molecule has 1 saturated heterocycles. The Morgan fingerprint density at radius 1 is 1.14 bits per heavy atom. The lowest BCUT2D eigenvalue weighted by molar-refractivity contribution is -0.138. The number of pyridine rings is 2. The molecular formula is C25H19F4N5O2S. The molecule has 190 valence electrons. The van der Waals surface area contributed by atoms with Gasteiger partial charge in [0.05, 0.1) is 24.1 Å². The topological polar surface area (TPSA) is 82.4 Å². The Morgan fingerprint density at radius 2 is 1.95 bits per heavy atom. The predicted octanol–water partition coefficient (Wildman–Crippen LogP) is 5.05. The average molecular weight is 530 g/mol. The van der Waals surface area contributed by atoms with Crippen molar-refractivity contribution in [2.75, 3.05) is 23.0 Å². The smallest absolute Gasteiger partial charge is 0.419 e. The molecule has 4 rings (SSSR count). The molecule has 3 heterocycles. The molecule has 37 heavy (non-hydrogen) atoms. The van der Waals surface area contributed by atoms with Gasteiger partial charge in [0.2, 0.25) is 5.91 Å². The molecule has 7 nitrogen and oxygen atoms in total. The van der Waals surface area contributed by atoms with Crippen molar-refractivity contribution in [1.82, 2.24) is 9.97 Å². The quantitative estimate of drug-likeness (QED) is 0.327. The fourth-order valence-electron chi connectivity index (χ4n) is 3.78. The van der Waals surface area contributed by atoms with Gasteiger partial charge in [-0.15, -0.1) is 0 Å². The third kappa shape index (κ3) is 5.83. The van der Waals surface area contributed by atoms with Crippen LogP contribution in [0, 0.1) is 17.1 Å². The summed E-state index contributed by atoms with van der Waals surface area (Å²) in [5, 5.41) is 8.92. The van der Waals surface area contributed by atoms with Crippen molar-refractivity contribution in [3.63, 3.8) is 0 Å². The summed E-state index contributed by atoms with van der Waals surface area (Å²) in [6, 6.07) is 11.6. The van der Waals surface area contributed by atoms with Crippen LogP contribution in [0.15, 0.2) is 54.9 Å². The van der Waals surface area contributed by atoms with E-state index in [4.69, 9.17) is 22.2 Å². The van der Waals surface area contributed by atoms with Gasteiger partial charge in [-0.3, -0.25) is 14.7 Å². The maximum atomic E-state index is 14.5. The van der Waals surface area contributed by atoms with Gasteiger partial charge in [0.25, 0.3) is 0 Å². The van der Waals surface area contributed by atoms with Crippen molar-refractivity contribution in [2.45, 2.75) is 25.4 Å². The Balaban J connectivity index is 1.61. The first kappa shape index (κ1) is 26.0. The van der Waals surface area contributed by atoms with E-state index in [0.29, 0.717) is 24.6 Å². The van der Waals surface area contributed by atoms with E-state index >= 15 is 0 Å². The van der Waals surface area contributed by atoms with Crippen LogP contribution >= 0.6 is 12.2 Å². The van der Waals surface area contributed by atoms with Crippen molar-refractivity contribution in [3.8, 4) is 11.8 Å². The highest BCUT2D eigenvalue weighted by Crippen LogP contribution is 2.35. The Hall–Kier alpha value is -4.11. The molecule has 12 heteroatoms. The number of carbonyl (C=O) groups excluding carboxylic acids is 1. The van der Waals surface area contributed by atoms with Crippen LogP contribution in [0.2, 0.25) is 0 Å². The molecule has 1 aliphatic rings. The minimum absolute atomic E-state index is 0.00657. The second-order valence-corrected chi connectivity index (χ2v) is 8.37. The van der Waals surface area contributed by atoms with Crippen LogP contribution in [0.5, 0.6) is 5.75 Å². The van der Waals surface area contributed by atoms with Crippen molar-refractivity contribution < 1.29 is 27.1 Å². The van der Waals surface area contributed by atoms with Gasteiger partial charge in [0.15, 0.2) is 22.4 Å². The summed E-state index contributed by atoms with van der Waals surface area (Å²) in [6.45, 7) is 0.416. The molecule has 1 amide bonds. The number of alkyl halides is 3. The van der Waals surface area contributed by atoms with Crippen LogP contribution in [0.4, 0.5) is 28.9 Å². The molecule has 1 fully saturated rings. The zero-order valence-electron chi connectivity index (χ0n) is 19.2. The standard InChI is InChI=1S/C25H19F4N5O2S/c26-20-7-6-17(13-22(20)36-11-8-16-4-1-2-9-31-16)33-10-3-5-23(35)34(24(33)37)18-12-19(25(27,28)29)21(14-30)32-15-18/h1-2,4,6-7,9,12-13,15H,3,5,8,10-11H2. The Bertz CT molecular complexity index is 1360. The van der Waals surface area contributed by atoms with Gasteiger partial charge in [0, 0.05) is 43.0 Å². The van der Waals surface area contributed by atoms with Gasteiger partial charge >= 0.3 is 6.18 Å². The van der Waals surface area contributed by atoms with Gasteiger partial charge in [-0.1, -0.05) is 6.07 Å². The number of ether oxygens (including phenoxy) is 1. The number of aromatic nitrogens is 2. The normalized spacial score (nSPS) is 14.4. The number of hydrogen-bond donors (Lipinski definition) is 0. The van der Waals surface area contributed by atoms with Crippen LogP contribution in [0.1, 0.15) is 29.8 Å². The molecule has 0 bridgehead atoms. The fourth-order valence-corrected chi connectivity index (χ4v) is 4.18. The van der Waals surface area contributed by atoms with Gasteiger partial charge in [-0.25, -0.2) is 9.37 Å². The summed E-state index contributed by atoms with van der Waals surface area (Å²) >= 11 is 5.52. The van der Waals surface area contributed by atoms with Gasteiger partial charge in [-0.05, 0) is 49.0 Å². The molecular weight excluding hydrogens is 510 g/mol. The summed E-state index contributed by atoms with van der Waals surface area (Å²) in [4.78, 5) is 23.1. The third-order valence-electron chi connectivity index (χ3n) is 5.56. The number of halogens is 4. The molecule has 0 atom stereocenters. The molecule has 1 aromatic carbocycles. The van der Waals surface area contributed by atoms with E-state index in [-0.39, 0.29) is 36.1 Å². The highest BCUT2D eigenvalue weighted by atomic mass is 32.1. The first-order valence-corrected chi connectivity index (χ1v) is 11.5. The number of benzene rings is 1. The third-order valence-corrected chi connectivity index (χ3v) is 5.96. The SMILES string of the molecule is N#Cc1ncc(N2C(=O)CCCN(c3ccc(F)c(OCCc4ccccn4)c3)C2=S)cc1C(F)(F)F. The van der Waals surface area contributed by atoms with Crippen molar-refractivity contribution in [2.24, 2.45) is 0 Å². The van der Waals surface area contributed by atoms with E-state index in [1.165, 1.54) is 29.2 Å². The lowest BCUT2D eigenvalue weighted by Gasteiger charge is -2.30. The van der Waals surface area contributed by atoms with Crippen LogP contribution in [0.3, 0.4) is 0 Å². The maximum absolute atomic E-state index is 14.5. The first-order chi connectivity index (χ1) is 17.7. The number of carbonyl (C=O) groups is 1. The molecule has 0 N–H and O–H groups in total. The monoisotopic (exact) mass is 529 g/mol. The average Bonchev–Trinajstić information content (AvgIpc) is 3.02. The predicted molar refractivity (Wildman–Crippen MR) is 130 cm³/mol. The van der Waals surface area contributed by atoms with Crippen LogP contribution in [-0.2, 0) is 17.4 Å². The van der Waals surface area contributed by atoms with E-state index < -0.39 is 29.2 Å². The fraction of sp³-hybridized carbons (Fsp3) is 0.240. The Labute approximate surface area is 214 Å². The summed E-state index contributed by atoms with van der Waals surface area (Å²) < 4.78 is 60.6. The van der Waals surface area contributed by atoms with Crippen molar-refractivity contribution in [3.05, 3.63) is 77.6 Å². The van der Waals surface area contributed by atoms with Crippen LogP contribution < -0.4 is 14.5 Å². The van der Waals surface area contributed by atoms with Gasteiger partial charge in [-0.2, -0.15) is 18.4 Å². The van der Waals surface area contributed by atoms with Crippen molar-refractivity contribution >= 4 is 34.6 Å². The highest BCUT2D eigenvalue weighted by Gasteiger charge is 2.37. The van der Waals surface area contributed by atoms with E-state index in [1.807, 2.05) is 12.1 Å². The zero-order chi connectivity index (χ0) is 26.6. The number of anilines is 2. The van der Waals surface area contributed by atoms with E-state index in [0.717, 1.165) is 16.8 Å². The molecule has 0 spiro atoms. The maximum Gasteiger partial charge on any atom is 0.419 e. The first-order valence-electron chi connectivity index (χ1n) is 11.1. The van der Waals surface area contributed by atoms with Gasteiger partial charge in [0.1, 0.15) is 6.07 Å². The van der Waals surface area contributed by atoms with E-state index in [2.05, 4.69) is 9.97 Å². The second-order valence-electron chi connectivity index (χ2n) is 8.00. The summed E-state index contributed by atoms with van der Waals surface area (Å²) in [5.41, 5.74) is -1.13. The van der Waals surface area contributed by atoms with Crippen molar-refractivity contribution in [1.29, 1.82) is 5.26 Å². The van der Waals surface area contributed by atoms with Crippen LogP contribution in [-0.4, -0.2) is 34.1 Å². The zero-order valence-corrected chi connectivity index (χ0v) is 20.0. The number of nitrogens with zero attached hydrogens (tertiary/aromatic N) is 5. The summed E-state index contributed by atoms with van der Waals surface area (Å²) in [7, 11) is 0. The number of thiocarbonyl (C=S) groups is 1. The van der Waals surface area contributed by atoms with Gasteiger partial charge < -0.3 is 9.64 Å². The largest absolute Gasteiger partial charge is 0.490 e. The number of amides is 1. The Morgan fingerprint density at radius 3 is 2.65 bits per heavy atom. The minimum Gasteiger partial charge on any atom is -0.490 e. The molecule has 1 aliphatic heterocycles. The molecule has 0 unspecified atom stereocenters. The Kier molecular flexibility index (Phi) is 7.63. The molecule has 0 aliphatic carbocycles. The summed E-state index contributed by atoms with van der Waals surface area (Å²) in [5.74, 6) is -1.18. The molecule has 3 aromatic rings. The molecule has 2 aromatic heterocycles. The minimum atomic E-state index is -4.86. The van der Waals surface area contributed by atoms with E-state index in [9.17, 15) is 22.4 Å². The lowest BCUT2D eigenvalue weighted by Crippen LogP contribution is -2.44. The van der Waals surface area contributed by atoms with E-state index in [1.54, 1.807) is 12.3 Å². The number of rotatable bonds is 6. The number of hydrogen-bond acceptors (Lipinski definition) is 6.